The number of aryl methyl sites for hydroxylation is 1. The molecule has 4 fully saturated rings. The summed E-state index contributed by atoms with van der Waals surface area (Å²) in [5.74, 6) is -0.718. The molecule has 1 N–H and O–H groups in total. The lowest BCUT2D eigenvalue weighted by Crippen LogP contribution is -2.54. The van der Waals surface area contributed by atoms with Gasteiger partial charge < -0.3 is 14.9 Å². The van der Waals surface area contributed by atoms with Crippen LogP contribution in [0.15, 0.2) is 42.6 Å². The fourth-order valence-corrected chi connectivity index (χ4v) is 7.73. The first-order valence-electron chi connectivity index (χ1n) is 14.7. The van der Waals surface area contributed by atoms with E-state index in [0.29, 0.717) is 19.1 Å². The normalized spacial score (nSPS) is 29.1. The van der Waals surface area contributed by atoms with Crippen molar-refractivity contribution in [2.45, 2.75) is 57.4 Å². The molecular weight excluding hydrogens is 504 g/mol. The minimum atomic E-state index is -0.685. The highest BCUT2D eigenvalue weighted by atomic mass is 16.4. The molecule has 210 valence electrons. The number of nitrogens with zero attached hydrogens (tertiary/aromatic N) is 6. The van der Waals surface area contributed by atoms with Gasteiger partial charge in [0.05, 0.1) is 17.8 Å². The summed E-state index contributed by atoms with van der Waals surface area (Å²) in [7, 11) is 0. The SMILES string of the molecule is Cc1cc(N2CC[C@](C)(c3ccccc3)C2)cn2nc(C(=O)N3CCC4(CCC(N5CC(C(=O)O)C5)C4)C3)nc12. The predicted molar refractivity (Wildman–Crippen MR) is 152 cm³/mol. The number of amides is 1. The summed E-state index contributed by atoms with van der Waals surface area (Å²) >= 11 is 0. The van der Waals surface area contributed by atoms with Crippen molar-refractivity contribution >= 4 is 23.2 Å². The summed E-state index contributed by atoms with van der Waals surface area (Å²) in [5, 5.41) is 13.9. The van der Waals surface area contributed by atoms with Crippen molar-refractivity contribution in [1.29, 1.82) is 0 Å². The molecule has 40 heavy (non-hydrogen) atoms. The van der Waals surface area contributed by atoms with E-state index in [1.54, 1.807) is 4.52 Å². The zero-order valence-electron chi connectivity index (χ0n) is 23.4. The number of pyridine rings is 1. The summed E-state index contributed by atoms with van der Waals surface area (Å²) in [6, 6.07) is 13.4. The Kier molecular flexibility index (Phi) is 5.93. The fraction of sp³-hybridized carbons (Fsp3) is 0.548. The summed E-state index contributed by atoms with van der Waals surface area (Å²) in [5.41, 5.74) is 4.47. The van der Waals surface area contributed by atoms with Crippen LogP contribution in [-0.4, -0.2) is 86.7 Å². The zero-order valence-corrected chi connectivity index (χ0v) is 23.4. The van der Waals surface area contributed by atoms with E-state index in [2.05, 4.69) is 63.2 Å². The van der Waals surface area contributed by atoms with Crippen LogP contribution in [0.2, 0.25) is 0 Å². The highest BCUT2D eigenvalue weighted by molar-refractivity contribution is 5.91. The molecule has 2 unspecified atom stereocenters. The third kappa shape index (κ3) is 4.26. The number of benzene rings is 1. The second kappa shape index (κ2) is 9.29. The summed E-state index contributed by atoms with van der Waals surface area (Å²) in [6.07, 6.45) is 7.33. The maximum absolute atomic E-state index is 13.6. The summed E-state index contributed by atoms with van der Waals surface area (Å²) < 4.78 is 1.79. The molecule has 3 atom stereocenters. The van der Waals surface area contributed by atoms with Gasteiger partial charge in [0.2, 0.25) is 5.82 Å². The number of carboxylic acids is 1. The Morgan fingerprint density at radius 1 is 1.05 bits per heavy atom. The minimum Gasteiger partial charge on any atom is -0.481 e. The van der Waals surface area contributed by atoms with Crippen LogP contribution < -0.4 is 4.90 Å². The van der Waals surface area contributed by atoms with E-state index in [0.717, 1.165) is 75.2 Å². The third-order valence-corrected chi connectivity index (χ3v) is 10.3. The van der Waals surface area contributed by atoms with E-state index in [1.807, 2.05) is 18.0 Å². The number of fused-ring (bicyclic) bond motifs is 1. The first kappa shape index (κ1) is 25.5. The van der Waals surface area contributed by atoms with Gasteiger partial charge in [0, 0.05) is 50.7 Å². The monoisotopic (exact) mass is 542 g/mol. The van der Waals surface area contributed by atoms with Gasteiger partial charge in [0.1, 0.15) is 0 Å². The fourth-order valence-electron chi connectivity index (χ4n) is 7.73. The Labute approximate surface area is 234 Å². The maximum atomic E-state index is 13.6. The smallest absolute Gasteiger partial charge is 0.309 e. The molecule has 4 aliphatic rings. The average molecular weight is 543 g/mol. The largest absolute Gasteiger partial charge is 0.481 e. The number of likely N-dealkylation sites (tertiary alicyclic amines) is 2. The van der Waals surface area contributed by atoms with Crippen molar-refractivity contribution in [3.8, 4) is 0 Å². The van der Waals surface area contributed by atoms with Gasteiger partial charge in [-0.15, -0.1) is 5.10 Å². The first-order valence-corrected chi connectivity index (χ1v) is 14.7. The zero-order chi connectivity index (χ0) is 27.6. The average Bonchev–Trinajstić information content (AvgIpc) is 3.70. The molecule has 1 spiro atoms. The molecule has 1 aromatic carbocycles. The Hall–Kier alpha value is -3.46. The molecule has 1 saturated carbocycles. The molecule has 7 rings (SSSR count). The van der Waals surface area contributed by atoms with E-state index in [9.17, 15) is 14.7 Å². The molecule has 2 aromatic heterocycles. The topological polar surface area (TPSA) is 94.3 Å². The van der Waals surface area contributed by atoms with Gasteiger partial charge in [-0.05, 0) is 61.6 Å². The third-order valence-electron chi connectivity index (χ3n) is 10.3. The van der Waals surface area contributed by atoms with Crippen molar-refractivity contribution in [1.82, 2.24) is 24.4 Å². The quantitative estimate of drug-likeness (QED) is 0.526. The minimum absolute atomic E-state index is 0.0855. The standard InChI is InChI=1S/C31H38N6O3/c1-21-14-25(34-12-10-30(2,19-34)23-6-4-3-5-7-23)18-37-27(21)32-26(33-37)28(38)35-13-11-31(20-35)9-8-24(15-31)36-16-22(17-36)29(39)40/h3-7,14,18,22,24H,8-13,15-17,19-20H2,1-2H3,(H,39,40)/t24?,30-,31?/m0/s1. The van der Waals surface area contributed by atoms with Crippen molar-refractivity contribution in [2.75, 3.05) is 44.2 Å². The Morgan fingerprint density at radius 2 is 1.85 bits per heavy atom. The highest BCUT2D eigenvalue weighted by Gasteiger charge is 2.49. The Morgan fingerprint density at radius 3 is 2.62 bits per heavy atom. The number of anilines is 1. The first-order chi connectivity index (χ1) is 19.2. The molecular formula is C31H38N6O3. The lowest BCUT2D eigenvalue weighted by molar-refractivity contribution is -0.148. The molecule has 3 aromatic rings. The van der Waals surface area contributed by atoms with Crippen LogP contribution in [0.1, 0.15) is 60.8 Å². The second-order valence-corrected chi connectivity index (χ2v) is 13.0. The van der Waals surface area contributed by atoms with E-state index < -0.39 is 5.97 Å². The van der Waals surface area contributed by atoms with E-state index in [4.69, 9.17) is 0 Å². The number of hydrogen-bond donors (Lipinski definition) is 1. The molecule has 5 heterocycles. The number of hydrogen-bond acceptors (Lipinski definition) is 6. The van der Waals surface area contributed by atoms with Gasteiger partial charge in [0.15, 0.2) is 5.65 Å². The van der Waals surface area contributed by atoms with Crippen LogP contribution in [0.25, 0.3) is 5.65 Å². The van der Waals surface area contributed by atoms with Gasteiger partial charge in [-0.3, -0.25) is 14.5 Å². The molecule has 3 aliphatic heterocycles. The molecule has 0 bridgehead atoms. The molecule has 9 heteroatoms. The van der Waals surface area contributed by atoms with Crippen LogP contribution in [0.3, 0.4) is 0 Å². The van der Waals surface area contributed by atoms with Gasteiger partial charge in [0.25, 0.3) is 5.91 Å². The van der Waals surface area contributed by atoms with E-state index >= 15 is 0 Å². The van der Waals surface area contributed by atoms with Crippen LogP contribution in [-0.2, 0) is 10.2 Å². The Balaban J connectivity index is 1.04. The van der Waals surface area contributed by atoms with Crippen molar-refractivity contribution in [2.24, 2.45) is 11.3 Å². The number of carbonyl (C=O) groups is 2. The number of aliphatic carboxylic acids is 1. The van der Waals surface area contributed by atoms with Crippen LogP contribution in [0.5, 0.6) is 0 Å². The van der Waals surface area contributed by atoms with Crippen molar-refractivity contribution < 1.29 is 14.7 Å². The van der Waals surface area contributed by atoms with Gasteiger partial charge >= 0.3 is 5.97 Å². The van der Waals surface area contributed by atoms with Gasteiger partial charge in [-0.1, -0.05) is 37.3 Å². The summed E-state index contributed by atoms with van der Waals surface area (Å²) in [6.45, 7) is 9.09. The Bertz CT molecular complexity index is 1470. The molecule has 3 saturated heterocycles. The molecule has 1 aliphatic carbocycles. The maximum Gasteiger partial charge on any atom is 0.309 e. The molecule has 1 amide bonds. The van der Waals surface area contributed by atoms with Crippen molar-refractivity contribution in [3.05, 3.63) is 59.5 Å². The van der Waals surface area contributed by atoms with Crippen LogP contribution in [0, 0.1) is 18.3 Å². The van der Waals surface area contributed by atoms with Crippen LogP contribution >= 0.6 is 0 Å². The number of carboxylic acid groups (broad SMARTS) is 1. The highest BCUT2D eigenvalue weighted by Crippen LogP contribution is 2.48. The number of aromatic nitrogens is 3. The van der Waals surface area contributed by atoms with E-state index in [-0.39, 0.29) is 28.5 Å². The number of carbonyl (C=O) groups excluding carboxylic acids is 1. The van der Waals surface area contributed by atoms with E-state index in [1.165, 1.54) is 5.56 Å². The predicted octanol–water partition coefficient (Wildman–Crippen LogP) is 3.61. The summed E-state index contributed by atoms with van der Waals surface area (Å²) in [4.78, 5) is 36.1. The van der Waals surface area contributed by atoms with Gasteiger partial charge in [-0.25, -0.2) is 9.50 Å². The van der Waals surface area contributed by atoms with Gasteiger partial charge in [-0.2, -0.15) is 0 Å². The lowest BCUT2D eigenvalue weighted by Gasteiger charge is -2.41. The molecule has 0 radical (unpaired) electrons. The molecule has 9 nitrogen and oxygen atoms in total. The second-order valence-electron chi connectivity index (χ2n) is 13.0. The number of rotatable bonds is 5. The van der Waals surface area contributed by atoms with Crippen LogP contribution in [0.4, 0.5) is 5.69 Å². The van der Waals surface area contributed by atoms with Crippen molar-refractivity contribution in [3.63, 3.8) is 0 Å². The lowest BCUT2D eigenvalue weighted by atomic mass is 9.82.